The fourth-order valence-corrected chi connectivity index (χ4v) is 4.05. The van der Waals surface area contributed by atoms with E-state index in [0.717, 1.165) is 17.5 Å². The number of ketones is 1. The molecule has 1 aromatic carbocycles. The highest BCUT2D eigenvalue weighted by Gasteiger charge is 2.23. The summed E-state index contributed by atoms with van der Waals surface area (Å²) < 4.78 is 2.57. The molecule has 0 spiro atoms. The van der Waals surface area contributed by atoms with Crippen molar-refractivity contribution in [3.8, 4) is 0 Å². The maximum Gasteiger partial charge on any atom is 0.350 e. The van der Waals surface area contributed by atoms with Crippen LogP contribution in [0.25, 0.3) is 5.65 Å². The SMILES string of the molecule is CC(=O)c1ccc(NC(=O)Cn2nc3c(N(C)C4CCCCC4)nccn3c2=O)cc1. The molecule has 1 N–H and O–H groups in total. The van der Waals surface area contributed by atoms with Crippen LogP contribution >= 0.6 is 0 Å². The summed E-state index contributed by atoms with van der Waals surface area (Å²) in [7, 11) is 1.99. The molecule has 0 aliphatic heterocycles. The molecule has 3 aromatic rings. The topological polar surface area (TPSA) is 102 Å². The van der Waals surface area contributed by atoms with Gasteiger partial charge in [0.05, 0.1) is 0 Å². The normalized spacial score (nSPS) is 14.5. The molecule has 9 nitrogen and oxygen atoms in total. The average molecular weight is 422 g/mol. The first-order valence-electron chi connectivity index (χ1n) is 10.5. The lowest BCUT2D eigenvalue weighted by Gasteiger charge is -2.31. The number of carbonyl (C=O) groups excluding carboxylic acids is 2. The Morgan fingerprint density at radius 3 is 2.55 bits per heavy atom. The summed E-state index contributed by atoms with van der Waals surface area (Å²) in [5, 5.41) is 7.14. The quantitative estimate of drug-likeness (QED) is 0.613. The predicted octanol–water partition coefficient (Wildman–Crippen LogP) is 2.50. The molecule has 1 fully saturated rings. The smallest absolute Gasteiger partial charge is 0.350 e. The van der Waals surface area contributed by atoms with Crippen molar-refractivity contribution in [1.29, 1.82) is 0 Å². The van der Waals surface area contributed by atoms with E-state index in [0.29, 0.717) is 28.8 Å². The van der Waals surface area contributed by atoms with E-state index in [1.165, 1.54) is 30.6 Å². The number of anilines is 2. The zero-order valence-electron chi connectivity index (χ0n) is 17.7. The van der Waals surface area contributed by atoms with Gasteiger partial charge in [-0.25, -0.2) is 18.9 Å². The number of rotatable bonds is 6. The Labute approximate surface area is 179 Å². The third kappa shape index (κ3) is 4.35. The maximum atomic E-state index is 12.8. The Kier molecular flexibility index (Phi) is 5.83. The van der Waals surface area contributed by atoms with Crippen LogP contribution in [0.1, 0.15) is 49.4 Å². The van der Waals surface area contributed by atoms with E-state index in [9.17, 15) is 14.4 Å². The molecule has 2 aromatic heterocycles. The molecular formula is C22H26N6O3. The summed E-state index contributed by atoms with van der Waals surface area (Å²) in [4.78, 5) is 43.2. The molecule has 1 aliphatic rings. The van der Waals surface area contributed by atoms with E-state index < -0.39 is 5.69 Å². The minimum absolute atomic E-state index is 0.0447. The number of hydrogen-bond acceptors (Lipinski definition) is 6. The van der Waals surface area contributed by atoms with Crippen LogP contribution in [0.2, 0.25) is 0 Å². The first-order valence-corrected chi connectivity index (χ1v) is 10.5. The van der Waals surface area contributed by atoms with E-state index >= 15 is 0 Å². The zero-order chi connectivity index (χ0) is 22.0. The van der Waals surface area contributed by atoms with Gasteiger partial charge in [-0.3, -0.25) is 9.59 Å². The first kappa shape index (κ1) is 20.8. The van der Waals surface area contributed by atoms with Gasteiger partial charge in [0.2, 0.25) is 11.6 Å². The second kappa shape index (κ2) is 8.71. The highest BCUT2D eigenvalue weighted by molar-refractivity contribution is 5.95. The molecule has 162 valence electrons. The lowest BCUT2D eigenvalue weighted by atomic mass is 9.94. The number of fused-ring (bicyclic) bond motifs is 1. The zero-order valence-corrected chi connectivity index (χ0v) is 17.7. The molecule has 0 saturated heterocycles. The second-order valence-corrected chi connectivity index (χ2v) is 7.97. The third-order valence-corrected chi connectivity index (χ3v) is 5.81. The first-order chi connectivity index (χ1) is 14.9. The molecule has 31 heavy (non-hydrogen) atoms. The van der Waals surface area contributed by atoms with Crippen molar-refractivity contribution < 1.29 is 9.59 Å². The largest absolute Gasteiger partial charge is 0.354 e. The fourth-order valence-electron chi connectivity index (χ4n) is 4.05. The van der Waals surface area contributed by atoms with Crippen LogP contribution < -0.4 is 15.9 Å². The van der Waals surface area contributed by atoms with Crippen molar-refractivity contribution in [1.82, 2.24) is 19.2 Å². The van der Waals surface area contributed by atoms with Crippen LogP contribution in [0, 0.1) is 0 Å². The predicted molar refractivity (Wildman–Crippen MR) is 118 cm³/mol. The number of Topliss-reactive ketones (excluding diaryl/α,β-unsaturated/α-hetero) is 1. The number of amides is 1. The molecule has 0 unspecified atom stereocenters. The molecule has 1 amide bonds. The number of nitrogens with one attached hydrogen (secondary N) is 1. The lowest BCUT2D eigenvalue weighted by molar-refractivity contribution is -0.117. The van der Waals surface area contributed by atoms with Gasteiger partial charge in [0.1, 0.15) is 6.54 Å². The summed E-state index contributed by atoms with van der Waals surface area (Å²) in [6.07, 6.45) is 8.97. The van der Waals surface area contributed by atoms with Crippen LogP contribution in [0.4, 0.5) is 11.5 Å². The van der Waals surface area contributed by atoms with Crippen molar-refractivity contribution in [2.24, 2.45) is 0 Å². The van der Waals surface area contributed by atoms with Crippen molar-refractivity contribution in [3.05, 3.63) is 52.7 Å². The molecule has 2 heterocycles. The van der Waals surface area contributed by atoms with Crippen LogP contribution in [0.3, 0.4) is 0 Å². The van der Waals surface area contributed by atoms with Gasteiger partial charge < -0.3 is 10.2 Å². The third-order valence-electron chi connectivity index (χ3n) is 5.81. The molecule has 4 rings (SSSR count). The number of aromatic nitrogens is 4. The summed E-state index contributed by atoms with van der Waals surface area (Å²) >= 11 is 0. The number of nitrogens with zero attached hydrogens (tertiary/aromatic N) is 5. The Balaban J connectivity index is 1.54. The van der Waals surface area contributed by atoms with Gasteiger partial charge in [0, 0.05) is 36.7 Å². The minimum atomic E-state index is -0.391. The lowest BCUT2D eigenvalue weighted by Crippen LogP contribution is -2.34. The Morgan fingerprint density at radius 2 is 1.87 bits per heavy atom. The van der Waals surface area contributed by atoms with E-state index in [1.807, 2.05) is 7.05 Å². The highest BCUT2D eigenvalue weighted by Crippen LogP contribution is 2.26. The Bertz CT molecular complexity index is 1160. The minimum Gasteiger partial charge on any atom is -0.354 e. The summed E-state index contributed by atoms with van der Waals surface area (Å²) in [6.45, 7) is 1.26. The summed E-state index contributed by atoms with van der Waals surface area (Å²) in [5.74, 6) is 0.221. The van der Waals surface area contributed by atoms with Gasteiger partial charge in [-0.1, -0.05) is 19.3 Å². The van der Waals surface area contributed by atoms with Gasteiger partial charge in [-0.2, -0.15) is 0 Å². The molecule has 0 radical (unpaired) electrons. The van der Waals surface area contributed by atoms with Crippen molar-refractivity contribution >= 4 is 28.8 Å². The van der Waals surface area contributed by atoms with Crippen LogP contribution in [0.15, 0.2) is 41.5 Å². The van der Waals surface area contributed by atoms with Gasteiger partial charge >= 0.3 is 5.69 Å². The number of carbonyl (C=O) groups is 2. The average Bonchev–Trinajstić information content (AvgIpc) is 3.09. The molecule has 1 saturated carbocycles. The molecule has 1 aliphatic carbocycles. The van der Waals surface area contributed by atoms with Crippen molar-refractivity contribution in [3.63, 3.8) is 0 Å². The standard InChI is InChI=1S/C22H26N6O3/c1-15(29)16-8-10-17(11-9-16)24-19(30)14-28-22(31)27-13-12-23-20(21(27)25-28)26(2)18-6-4-3-5-7-18/h8-13,18H,3-7,14H2,1-2H3,(H,24,30). The van der Waals surface area contributed by atoms with E-state index in [-0.39, 0.29) is 18.2 Å². The molecule has 0 atom stereocenters. The summed E-state index contributed by atoms with van der Waals surface area (Å²) in [6, 6.07) is 6.97. The van der Waals surface area contributed by atoms with Gasteiger partial charge in [0.25, 0.3) is 0 Å². The van der Waals surface area contributed by atoms with Gasteiger partial charge in [-0.15, -0.1) is 5.10 Å². The number of benzene rings is 1. The van der Waals surface area contributed by atoms with Crippen molar-refractivity contribution in [2.75, 3.05) is 17.3 Å². The van der Waals surface area contributed by atoms with Gasteiger partial charge in [-0.05, 0) is 44.0 Å². The van der Waals surface area contributed by atoms with E-state index in [4.69, 9.17) is 0 Å². The monoisotopic (exact) mass is 422 g/mol. The number of hydrogen-bond donors (Lipinski definition) is 1. The van der Waals surface area contributed by atoms with Crippen LogP contribution in [0.5, 0.6) is 0 Å². The summed E-state index contributed by atoms with van der Waals surface area (Å²) in [5.41, 5.74) is 1.17. The Hall–Kier alpha value is -3.49. The highest BCUT2D eigenvalue weighted by atomic mass is 16.2. The second-order valence-electron chi connectivity index (χ2n) is 7.97. The fraction of sp³-hybridized carbons (Fsp3) is 0.409. The van der Waals surface area contributed by atoms with E-state index in [2.05, 4.69) is 20.3 Å². The molecule has 0 bridgehead atoms. The Morgan fingerprint density at radius 1 is 1.16 bits per heavy atom. The molecular weight excluding hydrogens is 396 g/mol. The van der Waals surface area contributed by atoms with Crippen molar-refractivity contribution in [2.45, 2.75) is 51.6 Å². The van der Waals surface area contributed by atoms with Gasteiger partial charge in [0.15, 0.2) is 11.6 Å². The van der Waals surface area contributed by atoms with Crippen LogP contribution in [-0.4, -0.2) is 43.9 Å². The van der Waals surface area contributed by atoms with E-state index in [1.54, 1.807) is 36.7 Å². The maximum absolute atomic E-state index is 12.8. The van der Waals surface area contributed by atoms with Crippen LogP contribution in [-0.2, 0) is 11.3 Å². The molecule has 9 heteroatoms.